The predicted octanol–water partition coefficient (Wildman–Crippen LogP) is 0.722. The maximum absolute atomic E-state index is 12.9. The number of hydrazine groups is 1. The van der Waals surface area contributed by atoms with Crippen LogP contribution in [-0.2, 0) is 6.54 Å². The van der Waals surface area contributed by atoms with Gasteiger partial charge < -0.3 is 4.90 Å². The first-order valence-electron chi connectivity index (χ1n) is 5.07. The summed E-state index contributed by atoms with van der Waals surface area (Å²) in [5, 5.41) is 1.18. The van der Waals surface area contributed by atoms with Crippen molar-refractivity contribution in [1.82, 2.24) is 14.9 Å². The van der Waals surface area contributed by atoms with E-state index >= 15 is 0 Å². The maximum atomic E-state index is 12.9. The van der Waals surface area contributed by atoms with Gasteiger partial charge in [-0.2, -0.15) is 0 Å². The second kappa shape index (κ2) is 4.44. The third-order valence-corrected chi connectivity index (χ3v) is 2.48. The van der Waals surface area contributed by atoms with Crippen LogP contribution in [0.15, 0.2) is 18.5 Å². The Bertz CT molecular complexity index is 398. The van der Waals surface area contributed by atoms with E-state index in [9.17, 15) is 9.18 Å². The van der Waals surface area contributed by atoms with Crippen molar-refractivity contribution in [2.75, 3.05) is 13.1 Å². The lowest BCUT2D eigenvalue weighted by Crippen LogP contribution is -2.52. The minimum atomic E-state index is -0.397. The topological polar surface area (TPSA) is 62.5 Å². The number of carbonyl (C=O) groups is 1. The third-order valence-electron chi connectivity index (χ3n) is 2.48. The zero-order valence-electron chi connectivity index (χ0n) is 8.77. The molecule has 2 rings (SSSR count). The van der Waals surface area contributed by atoms with E-state index in [0.717, 1.165) is 12.6 Å². The number of nitrogens with zero attached hydrogens (tertiary/aromatic N) is 3. The van der Waals surface area contributed by atoms with E-state index in [-0.39, 0.29) is 6.03 Å². The van der Waals surface area contributed by atoms with Crippen LogP contribution in [0.3, 0.4) is 0 Å². The molecule has 1 aliphatic rings. The molecule has 0 atom stereocenters. The van der Waals surface area contributed by atoms with E-state index in [4.69, 9.17) is 5.84 Å². The van der Waals surface area contributed by atoms with Crippen molar-refractivity contribution in [3.8, 4) is 0 Å². The number of nitrogens with two attached hydrogens (primary N) is 1. The van der Waals surface area contributed by atoms with Crippen molar-refractivity contribution in [3.63, 3.8) is 0 Å². The Kier molecular flexibility index (Phi) is 3.00. The summed E-state index contributed by atoms with van der Waals surface area (Å²) in [5.74, 6) is 5.11. The van der Waals surface area contributed by atoms with E-state index in [0.29, 0.717) is 25.2 Å². The summed E-state index contributed by atoms with van der Waals surface area (Å²) in [4.78, 5) is 16.9. The number of pyridine rings is 1. The molecule has 0 bridgehead atoms. The maximum Gasteiger partial charge on any atom is 0.334 e. The first-order valence-corrected chi connectivity index (χ1v) is 5.07. The molecule has 86 valence electrons. The van der Waals surface area contributed by atoms with Crippen molar-refractivity contribution in [1.29, 1.82) is 0 Å². The van der Waals surface area contributed by atoms with E-state index in [1.54, 1.807) is 11.1 Å². The molecule has 2 amide bonds. The molecule has 1 aromatic heterocycles. The highest BCUT2D eigenvalue weighted by molar-refractivity contribution is 5.74. The number of urea groups is 1. The van der Waals surface area contributed by atoms with Crippen LogP contribution in [0.5, 0.6) is 0 Å². The molecule has 0 aromatic carbocycles. The summed E-state index contributed by atoms with van der Waals surface area (Å²) in [5.41, 5.74) is 0.670. The van der Waals surface area contributed by atoms with Crippen molar-refractivity contribution < 1.29 is 9.18 Å². The van der Waals surface area contributed by atoms with Gasteiger partial charge in [0.15, 0.2) is 0 Å². The smallest absolute Gasteiger partial charge is 0.319 e. The Morgan fingerprint density at radius 3 is 3.00 bits per heavy atom. The number of halogens is 1. The first-order chi connectivity index (χ1) is 7.66. The van der Waals surface area contributed by atoms with E-state index < -0.39 is 5.82 Å². The number of rotatable bonds is 2. The molecular weight excluding hydrogens is 211 g/mol. The van der Waals surface area contributed by atoms with Gasteiger partial charge in [0.25, 0.3) is 0 Å². The van der Waals surface area contributed by atoms with Crippen LogP contribution in [0.2, 0.25) is 0 Å². The van der Waals surface area contributed by atoms with Gasteiger partial charge in [0.05, 0.1) is 6.20 Å². The predicted molar refractivity (Wildman–Crippen MR) is 55.5 cm³/mol. The Morgan fingerprint density at radius 1 is 1.44 bits per heavy atom. The molecule has 6 heteroatoms. The van der Waals surface area contributed by atoms with Crippen LogP contribution in [0.1, 0.15) is 12.0 Å². The average Bonchev–Trinajstić information content (AvgIpc) is 2.25. The molecular formula is C10H13FN4O. The lowest BCUT2D eigenvalue weighted by atomic mass is 10.2. The van der Waals surface area contributed by atoms with E-state index in [2.05, 4.69) is 4.98 Å². The summed E-state index contributed by atoms with van der Waals surface area (Å²) in [7, 11) is 0. The second-order valence-electron chi connectivity index (χ2n) is 3.76. The Morgan fingerprint density at radius 2 is 2.25 bits per heavy atom. The van der Waals surface area contributed by atoms with Crippen LogP contribution in [0.4, 0.5) is 9.18 Å². The van der Waals surface area contributed by atoms with Gasteiger partial charge in [0, 0.05) is 25.8 Å². The fourth-order valence-corrected chi connectivity index (χ4v) is 1.71. The highest BCUT2D eigenvalue weighted by Gasteiger charge is 2.23. The molecule has 2 heterocycles. The largest absolute Gasteiger partial charge is 0.334 e. The molecule has 1 aliphatic heterocycles. The summed E-state index contributed by atoms with van der Waals surface area (Å²) < 4.78 is 12.9. The van der Waals surface area contributed by atoms with Crippen molar-refractivity contribution >= 4 is 6.03 Å². The van der Waals surface area contributed by atoms with Crippen LogP contribution in [0.25, 0.3) is 0 Å². The van der Waals surface area contributed by atoms with Crippen LogP contribution >= 0.6 is 0 Å². The minimum absolute atomic E-state index is 0.226. The molecule has 0 spiro atoms. The van der Waals surface area contributed by atoms with Gasteiger partial charge in [-0.25, -0.2) is 15.0 Å². The van der Waals surface area contributed by atoms with Gasteiger partial charge >= 0.3 is 6.03 Å². The average molecular weight is 224 g/mol. The fourth-order valence-electron chi connectivity index (χ4n) is 1.71. The van der Waals surface area contributed by atoms with E-state index in [1.165, 1.54) is 11.1 Å². The monoisotopic (exact) mass is 224 g/mol. The molecule has 1 fully saturated rings. The van der Waals surface area contributed by atoms with Gasteiger partial charge in [-0.15, -0.1) is 0 Å². The fraction of sp³-hybridized carbons (Fsp3) is 0.400. The highest BCUT2D eigenvalue weighted by atomic mass is 19.1. The van der Waals surface area contributed by atoms with Crippen molar-refractivity contribution in [3.05, 3.63) is 29.8 Å². The van der Waals surface area contributed by atoms with Crippen LogP contribution in [0, 0.1) is 5.82 Å². The number of carbonyl (C=O) groups excluding carboxylic acids is 1. The number of hydrogen-bond acceptors (Lipinski definition) is 3. The number of aromatic nitrogens is 1. The summed E-state index contributed by atoms with van der Waals surface area (Å²) in [6, 6.07) is 1.14. The van der Waals surface area contributed by atoms with Gasteiger partial charge in [-0.3, -0.25) is 9.99 Å². The molecule has 0 unspecified atom stereocenters. The normalized spacial score (nSPS) is 16.8. The zero-order valence-corrected chi connectivity index (χ0v) is 8.77. The Hall–Kier alpha value is -1.69. The third kappa shape index (κ3) is 2.27. The zero-order chi connectivity index (χ0) is 11.5. The summed E-state index contributed by atoms with van der Waals surface area (Å²) in [6.07, 6.45) is 3.51. The van der Waals surface area contributed by atoms with Crippen molar-refractivity contribution in [2.24, 2.45) is 5.84 Å². The molecule has 5 nitrogen and oxygen atoms in total. The van der Waals surface area contributed by atoms with Gasteiger partial charge in [-0.1, -0.05) is 0 Å². The first kappa shape index (κ1) is 10.8. The van der Waals surface area contributed by atoms with Crippen LogP contribution < -0.4 is 5.84 Å². The lowest BCUT2D eigenvalue weighted by molar-refractivity contribution is 0.127. The van der Waals surface area contributed by atoms with Crippen LogP contribution in [-0.4, -0.2) is 34.0 Å². The molecule has 16 heavy (non-hydrogen) atoms. The SMILES string of the molecule is NN1CCCN(Cc2cncc(F)c2)C1=O. The second-order valence-corrected chi connectivity index (χ2v) is 3.76. The van der Waals surface area contributed by atoms with Gasteiger partial charge in [0.2, 0.25) is 0 Å². The minimum Gasteiger partial charge on any atom is -0.319 e. The highest BCUT2D eigenvalue weighted by Crippen LogP contribution is 2.11. The van der Waals surface area contributed by atoms with Crippen molar-refractivity contribution in [2.45, 2.75) is 13.0 Å². The number of amides is 2. The molecule has 2 N–H and O–H groups in total. The molecule has 0 radical (unpaired) electrons. The molecule has 0 aliphatic carbocycles. The molecule has 1 aromatic rings. The molecule has 0 saturated carbocycles. The van der Waals surface area contributed by atoms with E-state index in [1.807, 2.05) is 0 Å². The summed E-state index contributed by atoms with van der Waals surface area (Å²) in [6.45, 7) is 1.55. The quantitative estimate of drug-likeness (QED) is 0.594. The standard InChI is InChI=1S/C10H13FN4O/c11-9-4-8(5-13-6-9)7-14-2-1-3-15(12)10(14)16/h4-6H,1-3,7,12H2. The lowest BCUT2D eigenvalue weighted by Gasteiger charge is -2.32. The number of hydrogen-bond donors (Lipinski definition) is 1. The van der Waals surface area contributed by atoms with Gasteiger partial charge in [-0.05, 0) is 18.1 Å². The summed E-state index contributed by atoms with van der Waals surface area (Å²) >= 11 is 0. The Balaban J connectivity index is 2.06. The van der Waals surface area contributed by atoms with Gasteiger partial charge in [0.1, 0.15) is 5.82 Å². The molecule has 1 saturated heterocycles. The Labute approximate surface area is 92.6 Å².